The lowest BCUT2D eigenvalue weighted by molar-refractivity contribution is -0.138. The maximum absolute atomic E-state index is 12.2. The van der Waals surface area contributed by atoms with Crippen molar-refractivity contribution in [2.75, 3.05) is 26.4 Å². The monoisotopic (exact) mass is 950 g/mol. The number of rotatable bonds is 12. The van der Waals surface area contributed by atoms with Crippen LogP contribution in [0.2, 0.25) is 0 Å². The fourth-order valence-electron chi connectivity index (χ4n) is 7.27. The first kappa shape index (κ1) is 48.3. The molecule has 1 aliphatic carbocycles. The van der Waals surface area contributed by atoms with Crippen LogP contribution in [0.1, 0.15) is 80.3 Å². The summed E-state index contributed by atoms with van der Waals surface area (Å²) in [6.45, 7) is 7.20. The van der Waals surface area contributed by atoms with Crippen LogP contribution in [-0.2, 0) is 44.5 Å². The third kappa shape index (κ3) is 10.6. The summed E-state index contributed by atoms with van der Waals surface area (Å²) in [4.78, 5) is 99.0. The highest BCUT2D eigenvalue weighted by molar-refractivity contribution is 8.05. The smallest absolute Gasteiger partial charge is 0.379 e. The van der Waals surface area contributed by atoms with Crippen molar-refractivity contribution in [2.24, 2.45) is 0 Å². The first-order valence-electron chi connectivity index (χ1n) is 21.5. The molecule has 0 saturated heterocycles. The van der Waals surface area contributed by atoms with Gasteiger partial charge in [0, 0.05) is 52.6 Å². The Kier molecular flexibility index (Phi) is 15.5. The summed E-state index contributed by atoms with van der Waals surface area (Å²) in [5.74, 6) is -6.19. The van der Waals surface area contributed by atoms with Gasteiger partial charge in [-0.25, -0.2) is 19.2 Å². The highest BCUT2D eigenvalue weighted by atomic mass is 32.2. The molecule has 1 aromatic heterocycles. The van der Waals surface area contributed by atoms with Crippen molar-refractivity contribution in [3.63, 3.8) is 0 Å². The predicted octanol–water partition coefficient (Wildman–Crippen LogP) is 10.1. The maximum atomic E-state index is 12.2. The van der Waals surface area contributed by atoms with Gasteiger partial charge in [0.1, 0.15) is 11.2 Å². The fourth-order valence-corrected chi connectivity index (χ4v) is 9.53. The summed E-state index contributed by atoms with van der Waals surface area (Å²) in [5, 5.41) is 1.08. The van der Waals surface area contributed by atoms with Crippen molar-refractivity contribution in [1.82, 2.24) is 0 Å². The Morgan fingerprint density at radius 3 is 1.29 bits per heavy atom. The molecule has 9 rings (SSSR count). The zero-order chi connectivity index (χ0) is 48.5. The highest BCUT2D eigenvalue weighted by Gasteiger charge is 2.25. The van der Waals surface area contributed by atoms with Gasteiger partial charge in [0.25, 0.3) is 23.1 Å². The van der Waals surface area contributed by atoms with E-state index in [1.165, 1.54) is 40.3 Å². The number of hydrogen-bond acceptors (Lipinski definition) is 15. The molecule has 0 unspecified atom stereocenters. The van der Waals surface area contributed by atoms with Crippen LogP contribution in [0, 0.1) is 0 Å². The average Bonchev–Trinajstić information content (AvgIpc) is 3.92. The van der Waals surface area contributed by atoms with Gasteiger partial charge in [-0.2, -0.15) is 0 Å². The van der Waals surface area contributed by atoms with E-state index in [0.717, 1.165) is 32.2 Å². The normalized spacial score (nSPS) is 11.5. The third-order valence-electron chi connectivity index (χ3n) is 10.4. The molecule has 6 aromatic carbocycles. The Bertz CT molecular complexity index is 3080. The average molecular weight is 951 g/mol. The van der Waals surface area contributed by atoms with Gasteiger partial charge in [0.15, 0.2) is 0 Å². The van der Waals surface area contributed by atoms with Gasteiger partial charge in [-0.1, -0.05) is 72.1 Å². The second kappa shape index (κ2) is 21.8. The summed E-state index contributed by atoms with van der Waals surface area (Å²) in [6, 6.07) is 36.1. The van der Waals surface area contributed by atoms with Crippen molar-refractivity contribution in [2.45, 2.75) is 53.7 Å². The number of hydrogen-bond donors (Lipinski definition) is 0. The minimum Gasteiger partial charge on any atom is -0.460 e. The SMILES string of the molecule is CCOC(=O)C(=O)c1ccc2c(c1)Cc1ccccc1-2.CCOC(=O)C(=O)c1ccc2c(c1)Sc1ccccc1S2.CCOC(=O)C(=O)c1ccc2oc3ccc(C(=O)C(=O)OCC)cc3c2c1. The molecule has 0 radical (unpaired) electrons. The van der Waals surface area contributed by atoms with Gasteiger partial charge in [0.05, 0.1) is 26.4 Å². The number of fused-ring (bicyclic) bond motifs is 8. The van der Waals surface area contributed by atoms with Crippen LogP contribution in [0.3, 0.4) is 0 Å². The van der Waals surface area contributed by atoms with E-state index in [2.05, 4.69) is 24.3 Å². The zero-order valence-electron chi connectivity index (χ0n) is 37.2. The van der Waals surface area contributed by atoms with Crippen molar-refractivity contribution >= 4 is 92.5 Å². The summed E-state index contributed by atoms with van der Waals surface area (Å²) >= 11 is 3.29. The van der Waals surface area contributed by atoms with E-state index in [0.29, 0.717) is 33.1 Å². The van der Waals surface area contributed by atoms with Crippen LogP contribution in [0.25, 0.3) is 33.1 Å². The van der Waals surface area contributed by atoms with Gasteiger partial charge in [0.2, 0.25) is 0 Å². The first-order chi connectivity index (χ1) is 32.8. The molecule has 15 heteroatoms. The van der Waals surface area contributed by atoms with E-state index in [4.69, 9.17) is 23.4 Å². The summed E-state index contributed by atoms with van der Waals surface area (Å²) in [6.07, 6.45) is 0.801. The minimum absolute atomic E-state index is 0.0980. The largest absolute Gasteiger partial charge is 0.460 e. The van der Waals surface area contributed by atoms with Crippen molar-refractivity contribution in [3.8, 4) is 11.1 Å². The lowest BCUT2D eigenvalue weighted by Gasteiger charge is -2.18. The van der Waals surface area contributed by atoms with E-state index < -0.39 is 47.0 Å². The molecule has 0 N–H and O–H groups in total. The lowest BCUT2D eigenvalue weighted by Crippen LogP contribution is -2.17. The van der Waals surface area contributed by atoms with Crippen LogP contribution in [0.15, 0.2) is 145 Å². The number of benzene rings is 6. The Labute approximate surface area is 398 Å². The quantitative estimate of drug-likeness (QED) is 0.0487. The number of Topliss-reactive ketones (excluding diaryl/α,β-unsaturated/α-hetero) is 4. The molecule has 0 atom stereocenters. The van der Waals surface area contributed by atoms with Crippen LogP contribution in [0.5, 0.6) is 0 Å². The number of esters is 4. The summed E-state index contributed by atoms with van der Waals surface area (Å²) in [5.41, 5.74) is 6.70. The Hall–Kier alpha value is -7.62. The van der Waals surface area contributed by atoms with E-state index >= 15 is 0 Å². The summed E-state index contributed by atoms with van der Waals surface area (Å²) in [7, 11) is 0. The van der Waals surface area contributed by atoms with Gasteiger partial charge in [-0.15, -0.1) is 0 Å². The fraction of sp³-hybridized carbons (Fsp3) is 0.170. The van der Waals surface area contributed by atoms with Crippen LogP contribution in [0.4, 0.5) is 0 Å². The number of ether oxygens (including phenoxy) is 4. The lowest BCUT2D eigenvalue weighted by atomic mass is 10.0. The third-order valence-corrected chi connectivity index (χ3v) is 12.9. The number of carbonyl (C=O) groups is 8. The van der Waals surface area contributed by atoms with Gasteiger partial charge in [-0.3, -0.25) is 19.2 Å². The zero-order valence-corrected chi connectivity index (χ0v) is 38.8. The molecule has 344 valence electrons. The van der Waals surface area contributed by atoms with Crippen LogP contribution >= 0.6 is 23.5 Å². The Balaban J connectivity index is 0.000000153. The number of carbonyl (C=O) groups excluding carboxylic acids is 8. The van der Waals surface area contributed by atoms with Crippen LogP contribution in [-0.4, -0.2) is 73.4 Å². The second-order valence-electron chi connectivity index (χ2n) is 14.7. The van der Waals surface area contributed by atoms with Gasteiger partial charge in [-0.05, 0) is 129 Å². The highest BCUT2D eigenvalue weighted by Crippen LogP contribution is 2.48. The number of ketones is 4. The second-order valence-corrected chi connectivity index (χ2v) is 16.9. The molecule has 2 aliphatic rings. The predicted molar refractivity (Wildman–Crippen MR) is 253 cm³/mol. The molecule has 0 amide bonds. The van der Waals surface area contributed by atoms with E-state index in [1.807, 2.05) is 36.4 Å². The van der Waals surface area contributed by atoms with E-state index in [1.54, 1.807) is 87.6 Å². The van der Waals surface area contributed by atoms with Crippen molar-refractivity contribution in [3.05, 3.63) is 155 Å². The molecule has 13 nitrogen and oxygen atoms in total. The minimum atomic E-state index is -0.942. The Morgan fingerprint density at radius 2 is 0.794 bits per heavy atom. The Morgan fingerprint density at radius 1 is 0.412 bits per heavy atom. The van der Waals surface area contributed by atoms with Crippen molar-refractivity contribution in [1.29, 1.82) is 0 Å². The topological polar surface area (TPSA) is 187 Å². The molecule has 0 bridgehead atoms. The van der Waals surface area contributed by atoms with E-state index in [9.17, 15) is 38.4 Å². The van der Waals surface area contributed by atoms with Gasteiger partial charge >= 0.3 is 23.9 Å². The van der Waals surface area contributed by atoms with Gasteiger partial charge < -0.3 is 23.4 Å². The van der Waals surface area contributed by atoms with Crippen molar-refractivity contribution < 1.29 is 61.7 Å². The molecular weight excluding hydrogens is 909 g/mol. The standard InChI is InChI=1S/C20H16O7.C17H14O3.C16H12O3S2/c1-3-25-19(23)17(21)11-5-7-15-13(9-11)14-10-12(6-8-16(14)27-15)18(22)20(24)26-4-2;1-2-20-17(19)16(18)12-7-8-15-13(10-12)9-11-5-3-4-6-14(11)15;1-2-19-16(18)15(17)10-7-8-13-14(9-10)21-12-6-4-3-5-11(12)20-13/h5-10H,3-4H2,1-2H3;3-8,10H,2,9H2,1H3;3-9H,2H2,1H3. The molecular formula is C53H42O13S2. The number of furan rings is 1. The maximum Gasteiger partial charge on any atom is 0.379 e. The molecule has 68 heavy (non-hydrogen) atoms. The summed E-state index contributed by atoms with van der Waals surface area (Å²) < 4.78 is 24.7. The van der Waals surface area contributed by atoms with Crippen LogP contribution < -0.4 is 0 Å². The molecule has 0 fully saturated rings. The molecule has 0 spiro atoms. The van der Waals surface area contributed by atoms with E-state index in [-0.39, 0.29) is 37.6 Å². The molecule has 2 heterocycles. The molecule has 1 aliphatic heterocycles. The molecule has 0 saturated carbocycles. The first-order valence-corrected chi connectivity index (χ1v) is 23.1. The molecule has 7 aromatic rings.